The SMILES string of the molecule is Cl.Cl.c1cnn(CCN2C[C@H]3CNC[C@H]3C2)c1. The Morgan fingerprint density at radius 3 is 2.41 bits per heavy atom. The number of likely N-dealkylation sites (tertiary alicyclic amines) is 1. The van der Waals surface area contributed by atoms with Gasteiger partial charge in [0.15, 0.2) is 0 Å². The summed E-state index contributed by atoms with van der Waals surface area (Å²) >= 11 is 0. The number of fused-ring (bicyclic) bond motifs is 1. The molecule has 2 aliphatic heterocycles. The van der Waals surface area contributed by atoms with Crippen molar-refractivity contribution in [3.63, 3.8) is 0 Å². The number of hydrogen-bond acceptors (Lipinski definition) is 3. The predicted octanol–water partition coefficient (Wildman–Crippen LogP) is 0.878. The maximum Gasteiger partial charge on any atom is 0.0536 e. The maximum absolute atomic E-state index is 4.23. The fourth-order valence-corrected chi connectivity index (χ4v) is 2.81. The van der Waals surface area contributed by atoms with Gasteiger partial charge in [-0.05, 0) is 31.0 Å². The molecular weight excluding hydrogens is 259 g/mol. The first-order valence-electron chi connectivity index (χ1n) is 5.82. The molecule has 0 spiro atoms. The summed E-state index contributed by atoms with van der Waals surface area (Å²) in [6, 6.07) is 1.99. The van der Waals surface area contributed by atoms with Crippen molar-refractivity contribution < 1.29 is 0 Å². The molecule has 1 N–H and O–H groups in total. The molecule has 1 aromatic rings. The molecule has 0 aromatic carbocycles. The Kier molecular flexibility index (Phi) is 5.73. The summed E-state index contributed by atoms with van der Waals surface area (Å²) in [7, 11) is 0. The zero-order chi connectivity index (χ0) is 10.1. The molecule has 0 bridgehead atoms. The molecule has 2 saturated heterocycles. The first-order valence-corrected chi connectivity index (χ1v) is 5.82. The van der Waals surface area contributed by atoms with Crippen LogP contribution >= 0.6 is 24.8 Å². The number of halogens is 2. The molecule has 0 saturated carbocycles. The van der Waals surface area contributed by atoms with Gasteiger partial charge in [-0.2, -0.15) is 5.10 Å². The lowest BCUT2D eigenvalue weighted by Crippen LogP contribution is -2.29. The normalized spacial score (nSPS) is 27.3. The third-order valence-electron chi connectivity index (χ3n) is 3.67. The molecule has 0 radical (unpaired) electrons. The third-order valence-corrected chi connectivity index (χ3v) is 3.67. The van der Waals surface area contributed by atoms with Crippen molar-refractivity contribution in [2.45, 2.75) is 6.54 Å². The first-order chi connectivity index (χ1) is 7.42. The Bertz CT molecular complexity index is 305. The molecule has 3 rings (SSSR count). The van der Waals surface area contributed by atoms with Crippen LogP contribution < -0.4 is 5.32 Å². The number of nitrogens with zero attached hydrogens (tertiary/aromatic N) is 3. The minimum atomic E-state index is 0. The minimum Gasteiger partial charge on any atom is -0.316 e. The summed E-state index contributed by atoms with van der Waals surface area (Å²) in [6.45, 7) is 7.18. The van der Waals surface area contributed by atoms with Gasteiger partial charge in [0, 0.05) is 32.0 Å². The largest absolute Gasteiger partial charge is 0.316 e. The van der Waals surface area contributed by atoms with E-state index in [0.29, 0.717) is 0 Å². The highest BCUT2D eigenvalue weighted by molar-refractivity contribution is 5.85. The highest BCUT2D eigenvalue weighted by Crippen LogP contribution is 2.25. The molecule has 2 aliphatic rings. The van der Waals surface area contributed by atoms with Crippen molar-refractivity contribution in [2.75, 3.05) is 32.7 Å². The van der Waals surface area contributed by atoms with E-state index in [1.165, 1.54) is 26.2 Å². The van der Waals surface area contributed by atoms with Crippen LogP contribution in [0.2, 0.25) is 0 Å². The van der Waals surface area contributed by atoms with Gasteiger partial charge in [-0.25, -0.2) is 0 Å². The molecule has 3 heterocycles. The zero-order valence-corrected chi connectivity index (χ0v) is 11.4. The molecule has 2 atom stereocenters. The second kappa shape index (κ2) is 6.59. The fourth-order valence-electron chi connectivity index (χ4n) is 2.81. The summed E-state index contributed by atoms with van der Waals surface area (Å²) in [4.78, 5) is 2.58. The molecular formula is C11H20Cl2N4. The number of nitrogens with one attached hydrogen (secondary N) is 1. The minimum absolute atomic E-state index is 0. The van der Waals surface area contributed by atoms with Crippen molar-refractivity contribution in [1.29, 1.82) is 0 Å². The second-order valence-corrected chi connectivity index (χ2v) is 4.71. The van der Waals surface area contributed by atoms with Crippen LogP contribution in [-0.2, 0) is 6.54 Å². The van der Waals surface area contributed by atoms with Gasteiger partial charge in [0.2, 0.25) is 0 Å². The first kappa shape index (κ1) is 14.8. The fraction of sp³-hybridized carbons (Fsp3) is 0.727. The Balaban J connectivity index is 0.000000722. The topological polar surface area (TPSA) is 33.1 Å². The van der Waals surface area contributed by atoms with Gasteiger partial charge < -0.3 is 10.2 Å². The van der Waals surface area contributed by atoms with E-state index >= 15 is 0 Å². The molecule has 0 aliphatic carbocycles. The molecule has 4 nitrogen and oxygen atoms in total. The molecule has 0 unspecified atom stereocenters. The quantitative estimate of drug-likeness (QED) is 0.891. The van der Waals surface area contributed by atoms with Crippen LogP contribution in [0.5, 0.6) is 0 Å². The van der Waals surface area contributed by atoms with Crippen LogP contribution in [0.1, 0.15) is 0 Å². The third kappa shape index (κ3) is 3.35. The standard InChI is InChI=1S/C11H18N4.2ClH/c1-2-13-15(3-1)5-4-14-8-10-6-12-7-11(10)9-14;;/h1-3,10-12H,4-9H2;2*1H/t10-,11+;;. The number of rotatable bonds is 3. The van der Waals surface area contributed by atoms with E-state index in [-0.39, 0.29) is 24.8 Å². The van der Waals surface area contributed by atoms with Gasteiger partial charge in [0.25, 0.3) is 0 Å². The van der Waals surface area contributed by atoms with Gasteiger partial charge in [-0.3, -0.25) is 4.68 Å². The van der Waals surface area contributed by atoms with Crippen molar-refractivity contribution in [3.8, 4) is 0 Å². The average molecular weight is 279 g/mol. The summed E-state index contributed by atoms with van der Waals surface area (Å²) in [6.07, 6.45) is 3.89. The van der Waals surface area contributed by atoms with Gasteiger partial charge >= 0.3 is 0 Å². The van der Waals surface area contributed by atoms with Crippen LogP contribution in [0.3, 0.4) is 0 Å². The number of aromatic nitrogens is 2. The molecule has 0 amide bonds. The number of hydrogen-bond donors (Lipinski definition) is 1. The highest BCUT2D eigenvalue weighted by atomic mass is 35.5. The summed E-state index contributed by atoms with van der Waals surface area (Å²) in [5.41, 5.74) is 0. The summed E-state index contributed by atoms with van der Waals surface area (Å²) < 4.78 is 2.02. The van der Waals surface area contributed by atoms with Crippen LogP contribution in [-0.4, -0.2) is 47.4 Å². The predicted molar refractivity (Wildman–Crippen MR) is 73.0 cm³/mol. The summed E-state index contributed by atoms with van der Waals surface area (Å²) in [5, 5.41) is 7.70. The smallest absolute Gasteiger partial charge is 0.0536 e. The molecule has 6 heteroatoms. The lowest BCUT2D eigenvalue weighted by atomic mass is 10.0. The molecule has 98 valence electrons. The van der Waals surface area contributed by atoms with Crippen molar-refractivity contribution in [3.05, 3.63) is 18.5 Å². The van der Waals surface area contributed by atoms with E-state index in [1.807, 2.05) is 23.1 Å². The van der Waals surface area contributed by atoms with Crippen LogP contribution in [0.15, 0.2) is 18.5 Å². The van der Waals surface area contributed by atoms with Crippen LogP contribution in [0, 0.1) is 11.8 Å². The van der Waals surface area contributed by atoms with E-state index in [1.54, 1.807) is 0 Å². The lowest BCUT2D eigenvalue weighted by Gasteiger charge is -2.16. The van der Waals surface area contributed by atoms with Gasteiger partial charge in [0.1, 0.15) is 0 Å². The molecule has 17 heavy (non-hydrogen) atoms. The van der Waals surface area contributed by atoms with Gasteiger partial charge in [-0.1, -0.05) is 0 Å². The van der Waals surface area contributed by atoms with E-state index in [9.17, 15) is 0 Å². The van der Waals surface area contributed by atoms with Crippen molar-refractivity contribution in [2.24, 2.45) is 11.8 Å². The monoisotopic (exact) mass is 278 g/mol. The average Bonchev–Trinajstić information content (AvgIpc) is 2.91. The highest BCUT2D eigenvalue weighted by Gasteiger charge is 2.35. The van der Waals surface area contributed by atoms with Gasteiger partial charge in [0.05, 0.1) is 6.54 Å². The Hall–Kier alpha value is -0.290. The zero-order valence-electron chi connectivity index (χ0n) is 9.79. The summed E-state index contributed by atoms with van der Waals surface area (Å²) in [5.74, 6) is 1.81. The molecule has 2 fully saturated rings. The van der Waals surface area contributed by atoms with Crippen molar-refractivity contribution >= 4 is 24.8 Å². The van der Waals surface area contributed by atoms with Crippen LogP contribution in [0.4, 0.5) is 0 Å². The maximum atomic E-state index is 4.23. The Morgan fingerprint density at radius 2 is 1.82 bits per heavy atom. The van der Waals surface area contributed by atoms with Crippen LogP contribution in [0.25, 0.3) is 0 Å². The van der Waals surface area contributed by atoms with E-state index < -0.39 is 0 Å². The molecule has 1 aromatic heterocycles. The van der Waals surface area contributed by atoms with Crippen molar-refractivity contribution in [1.82, 2.24) is 20.0 Å². The van der Waals surface area contributed by atoms with Gasteiger partial charge in [-0.15, -0.1) is 24.8 Å². The Morgan fingerprint density at radius 1 is 1.12 bits per heavy atom. The van der Waals surface area contributed by atoms with E-state index in [4.69, 9.17) is 0 Å². The Labute approximate surface area is 115 Å². The van der Waals surface area contributed by atoms with E-state index in [2.05, 4.69) is 15.3 Å². The van der Waals surface area contributed by atoms with E-state index in [0.717, 1.165) is 24.9 Å². The lowest BCUT2D eigenvalue weighted by molar-refractivity contribution is 0.294. The second-order valence-electron chi connectivity index (χ2n) is 4.71.